The minimum absolute atomic E-state index is 0.0872. The molecule has 1 aromatic heterocycles. The standard InChI is InChI=1S/C27H36N4O2/c1-20-10-12-21(13-11-20)19-25(24-9-5-6-16-28-24)30-27(33)29-23-14-17-31(18-15-23)26(32)22-7-3-2-4-8-22/h5-6,9-13,16,22-23,25H,2-4,7-8,14-15,17-19H2,1H3,(H2,29,30,33). The van der Waals surface area contributed by atoms with Gasteiger partial charge in [-0.25, -0.2) is 4.79 Å². The van der Waals surface area contributed by atoms with E-state index in [9.17, 15) is 9.59 Å². The van der Waals surface area contributed by atoms with Crippen LogP contribution in [0.15, 0.2) is 48.7 Å². The Hall–Kier alpha value is -2.89. The number of amides is 3. The molecule has 6 nitrogen and oxygen atoms in total. The fourth-order valence-electron chi connectivity index (χ4n) is 5.01. The van der Waals surface area contributed by atoms with E-state index < -0.39 is 0 Å². The van der Waals surface area contributed by atoms with Crippen LogP contribution in [-0.2, 0) is 11.2 Å². The maximum absolute atomic E-state index is 12.9. The molecule has 1 saturated heterocycles. The topological polar surface area (TPSA) is 74.3 Å². The first-order chi connectivity index (χ1) is 16.1. The summed E-state index contributed by atoms with van der Waals surface area (Å²) in [5, 5.41) is 6.27. The predicted octanol–water partition coefficient (Wildman–Crippen LogP) is 4.54. The summed E-state index contributed by atoms with van der Waals surface area (Å²) < 4.78 is 0. The Morgan fingerprint density at radius 1 is 1.00 bits per heavy atom. The molecule has 2 fully saturated rings. The monoisotopic (exact) mass is 448 g/mol. The Balaban J connectivity index is 1.30. The van der Waals surface area contributed by atoms with Crippen LogP contribution in [0.4, 0.5) is 4.79 Å². The predicted molar refractivity (Wildman–Crippen MR) is 130 cm³/mol. The highest BCUT2D eigenvalue weighted by Gasteiger charge is 2.30. The van der Waals surface area contributed by atoms with Gasteiger partial charge in [-0.3, -0.25) is 9.78 Å². The Kier molecular flexibility index (Phi) is 7.97. The van der Waals surface area contributed by atoms with Crippen LogP contribution in [0.5, 0.6) is 0 Å². The zero-order valence-electron chi connectivity index (χ0n) is 19.6. The third-order valence-electron chi connectivity index (χ3n) is 7.01. The number of benzene rings is 1. The largest absolute Gasteiger partial charge is 0.342 e. The van der Waals surface area contributed by atoms with Crippen molar-refractivity contribution in [1.29, 1.82) is 0 Å². The van der Waals surface area contributed by atoms with Crippen LogP contribution in [0, 0.1) is 12.8 Å². The van der Waals surface area contributed by atoms with E-state index in [2.05, 4.69) is 46.8 Å². The summed E-state index contributed by atoms with van der Waals surface area (Å²) in [5.74, 6) is 0.540. The molecule has 2 heterocycles. The Morgan fingerprint density at radius 2 is 1.73 bits per heavy atom. The first-order valence-electron chi connectivity index (χ1n) is 12.4. The average molecular weight is 449 g/mol. The van der Waals surface area contributed by atoms with Crippen LogP contribution >= 0.6 is 0 Å². The van der Waals surface area contributed by atoms with Crippen LogP contribution in [0.3, 0.4) is 0 Å². The van der Waals surface area contributed by atoms with E-state index >= 15 is 0 Å². The van der Waals surface area contributed by atoms with Crippen molar-refractivity contribution in [3.63, 3.8) is 0 Å². The number of hydrogen-bond acceptors (Lipinski definition) is 3. The molecule has 2 N–H and O–H groups in total. The van der Waals surface area contributed by atoms with Crippen molar-refractivity contribution in [2.75, 3.05) is 13.1 Å². The molecule has 1 unspecified atom stereocenters. The summed E-state index contributed by atoms with van der Waals surface area (Å²) in [7, 11) is 0. The van der Waals surface area contributed by atoms with Gasteiger partial charge in [0.2, 0.25) is 5.91 Å². The maximum Gasteiger partial charge on any atom is 0.315 e. The van der Waals surface area contributed by atoms with Crippen molar-refractivity contribution < 1.29 is 9.59 Å². The zero-order valence-corrected chi connectivity index (χ0v) is 19.6. The number of rotatable bonds is 6. The molecule has 1 aromatic carbocycles. The van der Waals surface area contributed by atoms with Gasteiger partial charge in [-0.05, 0) is 56.7 Å². The smallest absolute Gasteiger partial charge is 0.315 e. The molecular formula is C27H36N4O2. The maximum atomic E-state index is 12.9. The van der Waals surface area contributed by atoms with Gasteiger partial charge >= 0.3 is 6.03 Å². The number of nitrogens with zero attached hydrogens (tertiary/aromatic N) is 2. The molecule has 176 valence electrons. The molecule has 1 atom stereocenters. The Labute approximate surface area is 197 Å². The molecule has 2 aromatic rings. The number of nitrogens with one attached hydrogen (secondary N) is 2. The number of hydrogen-bond donors (Lipinski definition) is 2. The lowest BCUT2D eigenvalue weighted by Crippen LogP contribution is -2.50. The minimum atomic E-state index is -0.207. The van der Waals surface area contributed by atoms with E-state index in [1.165, 1.54) is 24.8 Å². The van der Waals surface area contributed by atoms with E-state index in [0.29, 0.717) is 12.3 Å². The average Bonchev–Trinajstić information content (AvgIpc) is 2.86. The van der Waals surface area contributed by atoms with Crippen LogP contribution < -0.4 is 10.6 Å². The molecule has 1 aliphatic heterocycles. The molecule has 0 spiro atoms. The van der Waals surface area contributed by atoms with Crippen molar-refractivity contribution in [2.24, 2.45) is 5.92 Å². The number of likely N-dealkylation sites (tertiary alicyclic amines) is 1. The quantitative estimate of drug-likeness (QED) is 0.681. The van der Waals surface area contributed by atoms with E-state index in [0.717, 1.165) is 50.0 Å². The van der Waals surface area contributed by atoms with Gasteiger partial charge in [0.25, 0.3) is 0 Å². The van der Waals surface area contributed by atoms with Crippen molar-refractivity contribution in [3.8, 4) is 0 Å². The molecule has 4 rings (SSSR count). The Bertz CT molecular complexity index is 901. The number of urea groups is 1. The number of piperidine rings is 1. The van der Waals surface area contributed by atoms with E-state index in [1.807, 2.05) is 23.1 Å². The highest BCUT2D eigenvalue weighted by atomic mass is 16.2. The summed E-state index contributed by atoms with van der Waals surface area (Å²) in [6, 6.07) is 13.9. The number of carbonyl (C=O) groups is 2. The molecule has 33 heavy (non-hydrogen) atoms. The number of aromatic nitrogens is 1. The van der Waals surface area contributed by atoms with Crippen molar-refractivity contribution in [1.82, 2.24) is 20.5 Å². The van der Waals surface area contributed by atoms with Crippen molar-refractivity contribution >= 4 is 11.9 Å². The second-order valence-corrected chi connectivity index (χ2v) is 9.55. The van der Waals surface area contributed by atoms with Gasteiger partial charge in [-0.1, -0.05) is 55.2 Å². The van der Waals surface area contributed by atoms with Gasteiger partial charge in [-0.2, -0.15) is 0 Å². The summed E-state index contributed by atoms with van der Waals surface area (Å²) >= 11 is 0. The molecule has 0 radical (unpaired) electrons. The second kappa shape index (κ2) is 11.3. The molecule has 0 bridgehead atoms. The number of aryl methyl sites for hydroxylation is 1. The summed E-state index contributed by atoms with van der Waals surface area (Å²) in [6.07, 6.45) is 9.73. The van der Waals surface area contributed by atoms with E-state index in [1.54, 1.807) is 6.20 Å². The van der Waals surface area contributed by atoms with Crippen molar-refractivity contribution in [3.05, 3.63) is 65.5 Å². The molecule has 6 heteroatoms. The van der Waals surface area contributed by atoms with Gasteiger partial charge in [0.1, 0.15) is 0 Å². The van der Waals surface area contributed by atoms with E-state index in [-0.39, 0.29) is 24.0 Å². The highest BCUT2D eigenvalue weighted by Crippen LogP contribution is 2.26. The fraction of sp³-hybridized carbons (Fsp3) is 0.519. The summed E-state index contributed by atoms with van der Waals surface area (Å²) in [4.78, 5) is 32.2. The van der Waals surface area contributed by atoms with Crippen LogP contribution in [0.2, 0.25) is 0 Å². The SMILES string of the molecule is Cc1ccc(CC(NC(=O)NC2CCN(C(=O)C3CCCCC3)CC2)c2ccccn2)cc1. The van der Waals surface area contributed by atoms with Crippen LogP contribution in [0.25, 0.3) is 0 Å². The number of carbonyl (C=O) groups excluding carboxylic acids is 2. The Morgan fingerprint density at radius 3 is 2.39 bits per heavy atom. The minimum Gasteiger partial charge on any atom is -0.342 e. The first-order valence-corrected chi connectivity index (χ1v) is 12.4. The van der Waals surface area contributed by atoms with Gasteiger partial charge < -0.3 is 15.5 Å². The van der Waals surface area contributed by atoms with Gasteiger partial charge in [-0.15, -0.1) is 0 Å². The lowest BCUT2D eigenvalue weighted by Gasteiger charge is -2.35. The lowest BCUT2D eigenvalue weighted by molar-refractivity contribution is -0.137. The zero-order chi connectivity index (χ0) is 23.0. The van der Waals surface area contributed by atoms with Gasteiger partial charge in [0, 0.05) is 31.2 Å². The lowest BCUT2D eigenvalue weighted by atomic mass is 9.87. The van der Waals surface area contributed by atoms with Crippen molar-refractivity contribution in [2.45, 2.75) is 70.4 Å². The third-order valence-corrected chi connectivity index (χ3v) is 7.01. The van der Waals surface area contributed by atoms with Gasteiger partial charge in [0.05, 0.1) is 11.7 Å². The second-order valence-electron chi connectivity index (χ2n) is 9.55. The molecule has 2 aliphatic rings. The first kappa shape index (κ1) is 23.3. The molecule has 1 saturated carbocycles. The van der Waals surface area contributed by atoms with Crippen LogP contribution in [-0.4, -0.2) is 41.0 Å². The van der Waals surface area contributed by atoms with Gasteiger partial charge in [0.15, 0.2) is 0 Å². The number of pyridine rings is 1. The molecule has 3 amide bonds. The van der Waals surface area contributed by atoms with E-state index in [4.69, 9.17) is 0 Å². The summed E-state index contributed by atoms with van der Waals surface area (Å²) in [6.45, 7) is 3.53. The highest BCUT2D eigenvalue weighted by molar-refractivity contribution is 5.79. The van der Waals surface area contributed by atoms with Crippen LogP contribution in [0.1, 0.15) is 67.8 Å². The fourth-order valence-corrected chi connectivity index (χ4v) is 5.01. The molecule has 1 aliphatic carbocycles. The third kappa shape index (κ3) is 6.56. The molecular weight excluding hydrogens is 412 g/mol. The summed E-state index contributed by atoms with van der Waals surface area (Å²) in [5.41, 5.74) is 3.22. The normalized spacial score (nSPS) is 18.5.